The Labute approximate surface area is 128 Å². The minimum Gasteiger partial charge on any atom is -0.344 e. The van der Waals surface area contributed by atoms with Crippen LogP contribution in [0.3, 0.4) is 0 Å². The molecule has 0 spiro atoms. The van der Waals surface area contributed by atoms with Gasteiger partial charge in [0.15, 0.2) is 0 Å². The second-order valence-corrected chi connectivity index (χ2v) is 3.55. The van der Waals surface area contributed by atoms with E-state index in [4.69, 9.17) is 10.3 Å². The number of amides is 1. The summed E-state index contributed by atoms with van der Waals surface area (Å²) in [4.78, 5) is 19.7. The Hall–Kier alpha value is -1.70. The van der Waals surface area contributed by atoms with Crippen molar-refractivity contribution in [2.75, 3.05) is 6.54 Å². The molecule has 2 aromatic heterocycles. The third-order valence-electron chi connectivity index (χ3n) is 2.19. The first-order valence-electron chi connectivity index (χ1n) is 5.50. The van der Waals surface area contributed by atoms with Crippen LogP contribution in [0.1, 0.15) is 22.2 Å². The van der Waals surface area contributed by atoms with Crippen LogP contribution >= 0.6 is 24.8 Å². The molecular weight excluding hydrogens is 305 g/mol. The molecule has 0 saturated heterocycles. The topological polar surface area (TPSA) is 107 Å². The first-order chi connectivity index (χ1) is 8.79. The Balaban J connectivity index is 0.00000180. The third kappa shape index (κ3) is 5.12. The van der Waals surface area contributed by atoms with Gasteiger partial charge in [0.05, 0.1) is 12.2 Å². The number of halogens is 2. The summed E-state index contributed by atoms with van der Waals surface area (Å²) in [7, 11) is 0. The molecular formula is C11H15Cl2N5O2. The Kier molecular flexibility index (Phi) is 8.46. The summed E-state index contributed by atoms with van der Waals surface area (Å²) in [5.74, 6) is -0.0254. The lowest BCUT2D eigenvalue weighted by molar-refractivity contribution is 0.0937. The van der Waals surface area contributed by atoms with Crippen molar-refractivity contribution in [1.82, 2.24) is 20.4 Å². The number of carbonyl (C=O) groups is 1. The molecule has 0 bridgehead atoms. The lowest BCUT2D eigenvalue weighted by atomic mass is 10.3. The normalized spacial score (nSPS) is 9.25. The molecule has 20 heavy (non-hydrogen) atoms. The molecule has 110 valence electrons. The van der Waals surface area contributed by atoms with Gasteiger partial charge in [0.1, 0.15) is 0 Å². The summed E-state index contributed by atoms with van der Waals surface area (Å²) >= 11 is 0. The molecule has 7 nitrogen and oxygen atoms in total. The quantitative estimate of drug-likeness (QED) is 0.841. The van der Waals surface area contributed by atoms with Gasteiger partial charge in [0, 0.05) is 19.2 Å². The van der Waals surface area contributed by atoms with Crippen molar-refractivity contribution >= 4 is 30.7 Å². The van der Waals surface area contributed by atoms with Gasteiger partial charge < -0.3 is 15.6 Å². The third-order valence-corrected chi connectivity index (χ3v) is 2.19. The van der Waals surface area contributed by atoms with Crippen LogP contribution in [0, 0.1) is 0 Å². The van der Waals surface area contributed by atoms with Gasteiger partial charge >= 0.3 is 0 Å². The summed E-state index contributed by atoms with van der Waals surface area (Å²) in [5.41, 5.74) is 6.10. The van der Waals surface area contributed by atoms with E-state index in [9.17, 15) is 4.79 Å². The van der Waals surface area contributed by atoms with Crippen LogP contribution in [0.15, 0.2) is 28.9 Å². The van der Waals surface area contributed by atoms with E-state index < -0.39 is 5.91 Å². The number of pyridine rings is 1. The maximum absolute atomic E-state index is 11.7. The summed E-state index contributed by atoms with van der Waals surface area (Å²) in [6.45, 7) is 0.720. The zero-order valence-electron chi connectivity index (χ0n) is 10.5. The van der Waals surface area contributed by atoms with Crippen molar-refractivity contribution in [2.24, 2.45) is 5.73 Å². The highest BCUT2D eigenvalue weighted by Gasteiger charge is 2.13. The summed E-state index contributed by atoms with van der Waals surface area (Å²) in [6.07, 6.45) is 2.12. The van der Waals surface area contributed by atoms with E-state index in [2.05, 4.69) is 20.4 Å². The van der Waals surface area contributed by atoms with Gasteiger partial charge in [-0.05, 0) is 12.1 Å². The first-order valence-corrected chi connectivity index (χ1v) is 5.50. The summed E-state index contributed by atoms with van der Waals surface area (Å²) in [6, 6.07) is 5.47. The molecule has 0 atom stereocenters. The zero-order chi connectivity index (χ0) is 12.8. The average molecular weight is 320 g/mol. The molecule has 9 heteroatoms. The van der Waals surface area contributed by atoms with Crippen molar-refractivity contribution in [3.63, 3.8) is 0 Å². The fourth-order valence-corrected chi connectivity index (χ4v) is 1.32. The lowest BCUT2D eigenvalue weighted by Gasteiger charge is -2.00. The van der Waals surface area contributed by atoms with Crippen molar-refractivity contribution in [1.29, 1.82) is 0 Å². The second kappa shape index (κ2) is 9.24. The van der Waals surface area contributed by atoms with E-state index in [1.165, 1.54) is 0 Å². The monoisotopic (exact) mass is 319 g/mol. The molecule has 2 rings (SSSR count). The van der Waals surface area contributed by atoms with E-state index in [1.54, 1.807) is 6.20 Å². The number of nitrogens with two attached hydrogens (primary N) is 1. The highest BCUT2D eigenvalue weighted by Crippen LogP contribution is 1.98. The second-order valence-electron chi connectivity index (χ2n) is 3.55. The van der Waals surface area contributed by atoms with E-state index in [0.717, 1.165) is 5.69 Å². The number of hydrogen-bond acceptors (Lipinski definition) is 6. The molecule has 0 saturated carbocycles. The van der Waals surface area contributed by atoms with Crippen molar-refractivity contribution < 1.29 is 9.32 Å². The zero-order valence-corrected chi connectivity index (χ0v) is 12.1. The predicted molar refractivity (Wildman–Crippen MR) is 77.0 cm³/mol. The smallest absolute Gasteiger partial charge is 0.293 e. The van der Waals surface area contributed by atoms with Gasteiger partial charge in [0.25, 0.3) is 11.7 Å². The van der Waals surface area contributed by atoms with Crippen molar-refractivity contribution in [2.45, 2.75) is 13.0 Å². The maximum Gasteiger partial charge on any atom is 0.293 e. The summed E-state index contributed by atoms with van der Waals surface area (Å²) in [5, 5.41) is 6.23. The molecule has 0 aliphatic heterocycles. The SMILES string of the molecule is Cl.Cl.NCCc1nc(C(=O)NCc2ccccn2)no1. The highest BCUT2D eigenvalue weighted by molar-refractivity contribution is 5.90. The van der Waals surface area contributed by atoms with Crippen molar-refractivity contribution in [3.05, 3.63) is 41.8 Å². The number of hydrogen-bond donors (Lipinski definition) is 2. The van der Waals surface area contributed by atoms with Crippen LogP contribution in [0.25, 0.3) is 0 Å². The number of rotatable bonds is 5. The molecule has 0 unspecified atom stereocenters. The van der Waals surface area contributed by atoms with Crippen LogP contribution in [-0.4, -0.2) is 27.6 Å². The number of nitrogens with zero attached hydrogens (tertiary/aromatic N) is 3. The highest BCUT2D eigenvalue weighted by atomic mass is 35.5. The van der Waals surface area contributed by atoms with Crippen LogP contribution in [0.2, 0.25) is 0 Å². The number of nitrogens with one attached hydrogen (secondary N) is 1. The maximum atomic E-state index is 11.7. The van der Waals surface area contributed by atoms with Crippen LogP contribution in [0.4, 0.5) is 0 Å². The molecule has 0 fully saturated rings. The van der Waals surface area contributed by atoms with Crippen molar-refractivity contribution in [3.8, 4) is 0 Å². The van der Waals surface area contributed by atoms with E-state index in [1.807, 2.05) is 18.2 Å². The fourth-order valence-electron chi connectivity index (χ4n) is 1.32. The molecule has 3 N–H and O–H groups in total. The Morgan fingerprint density at radius 3 is 2.80 bits per heavy atom. The van der Waals surface area contributed by atoms with Crippen LogP contribution < -0.4 is 11.1 Å². The largest absolute Gasteiger partial charge is 0.344 e. The van der Waals surface area contributed by atoms with Gasteiger partial charge in [-0.15, -0.1) is 24.8 Å². The molecule has 2 heterocycles. The molecule has 0 aromatic carbocycles. The standard InChI is InChI=1S/C11H13N5O2.2ClH/c12-5-4-9-15-10(16-18-9)11(17)14-7-8-3-1-2-6-13-8;;/h1-3,6H,4-5,7,12H2,(H,14,17);2*1H. The number of aromatic nitrogens is 3. The van der Waals surface area contributed by atoms with Crippen LogP contribution in [0.5, 0.6) is 0 Å². The fraction of sp³-hybridized carbons (Fsp3) is 0.273. The van der Waals surface area contributed by atoms with E-state index in [-0.39, 0.29) is 30.6 Å². The number of carbonyl (C=O) groups excluding carboxylic acids is 1. The lowest BCUT2D eigenvalue weighted by Crippen LogP contribution is -2.24. The van der Waals surface area contributed by atoms with Gasteiger partial charge in [-0.2, -0.15) is 4.98 Å². The Morgan fingerprint density at radius 1 is 1.35 bits per heavy atom. The minimum atomic E-state index is -0.396. The molecule has 0 aliphatic rings. The molecule has 1 amide bonds. The molecule has 0 aliphatic carbocycles. The van der Waals surface area contributed by atoms with Gasteiger partial charge in [-0.25, -0.2) is 0 Å². The Bertz CT molecular complexity index is 521. The molecule has 2 aromatic rings. The predicted octanol–water partition coefficient (Wildman–Crippen LogP) is 0.739. The van der Waals surface area contributed by atoms with E-state index in [0.29, 0.717) is 25.4 Å². The van der Waals surface area contributed by atoms with E-state index >= 15 is 0 Å². The summed E-state index contributed by atoms with van der Waals surface area (Å²) < 4.78 is 4.86. The van der Waals surface area contributed by atoms with Gasteiger partial charge in [-0.3, -0.25) is 9.78 Å². The van der Waals surface area contributed by atoms with Gasteiger partial charge in [-0.1, -0.05) is 11.2 Å². The van der Waals surface area contributed by atoms with Gasteiger partial charge in [0.2, 0.25) is 5.89 Å². The minimum absolute atomic E-state index is 0. The first kappa shape index (κ1) is 18.3. The molecule has 0 radical (unpaired) electrons. The average Bonchev–Trinajstić information content (AvgIpc) is 2.86. The Morgan fingerprint density at radius 2 is 2.15 bits per heavy atom. The van der Waals surface area contributed by atoms with Crippen LogP contribution in [-0.2, 0) is 13.0 Å².